The van der Waals surface area contributed by atoms with Crippen molar-refractivity contribution in [1.82, 2.24) is 0 Å². The molecule has 2 N–H and O–H groups in total. The average molecular weight is 462 g/mol. The number of rotatable bonds is 2. The lowest BCUT2D eigenvalue weighted by molar-refractivity contribution is 0.428. The van der Waals surface area contributed by atoms with E-state index in [9.17, 15) is 0 Å². The van der Waals surface area contributed by atoms with Gasteiger partial charge in [-0.25, -0.2) is 0 Å². The second-order valence-corrected chi connectivity index (χ2v) is 12.3. The lowest BCUT2D eigenvalue weighted by Crippen LogP contribution is -2.18. The highest BCUT2D eigenvalue weighted by molar-refractivity contribution is 5.78. The molecule has 1 heteroatoms. The van der Waals surface area contributed by atoms with Crippen molar-refractivity contribution in [3.63, 3.8) is 0 Å². The average Bonchev–Trinajstić information content (AvgIpc) is 2.79. The second-order valence-electron chi connectivity index (χ2n) is 12.3. The van der Waals surface area contributed by atoms with Crippen LogP contribution in [0.1, 0.15) is 111 Å². The molecule has 0 saturated carbocycles. The monoisotopic (exact) mass is 461 g/mol. The summed E-state index contributed by atoms with van der Waals surface area (Å²) < 4.78 is 0. The summed E-state index contributed by atoms with van der Waals surface area (Å²) in [5, 5.41) is 0. The smallest absolute Gasteiger partial charge is 0.00285 e. The number of allylic oxidation sites excluding steroid dienone is 4. The molecule has 0 unspecified atom stereocenters. The molecule has 0 fully saturated rings. The Bertz CT molecular complexity index is 845. The van der Waals surface area contributed by atoms with Crippen LogP contribution in [0.5, 0.6) is 0 Å². The van der Waals surface area contributed by atoms with Crippen LogP contribution >= 0.6 is 0 Å². The van der Waals surface area contributed by atoms with Crippen LogP contribution in [-0.4, -0.2) is 6.54 Å². The maximum atomic E-state index is 5.31. The van der Waals surface area contributed by atoms with Gasteiger partial charge in [-0.15, -0.1) is 0 Å². The van der Waals surface area contributed by atoms with Crippen molar-refractivity contribution in [2.45, 2.75) is 99.8 Å². The van der Waals surface area contributed by atoms with Gasteiger partial charge in [0.25, 0.3) is 0 Å². The summed E-state index contributed by atoms with van der Waals surface area (Å²) in [6.45, 7) is 24.7. The van der Waals surface area contributed by atoms with E-state index in [1.165, 1.54) is 33.4 Å². The molecule has 1 nitrogen and oxygen atoms in total. The van der Waals surface area contributed by atoms with Gasteiger partial charge in [-0.1, -0.05) is 137 Å². The van der Waals surface area contributed by atoms with Crippen molar-refractivity contribution in [2.24, 2.45) is 11.1 Å². The van der Waals surface area contributed by atoms with Crippen molar-refractivity contribution in [2.75, 3.05) is 6.54 Å². The number of hydrogen-bond acceptors (Lipinski definition) is 1. The Balaban J connectivity index is 0.000000631. The van der Waals surface area contributed by atoms with E-state index in [-0.39, 0.29) is 10.8 Å². The largest absolute Gasteiger partial charge is 0.330 e. The van der Waals surface area contributed by atoms with Crippen LogP contribution < -0.4 is 5.73 Å². The van der Waals surface area contributed by atoms with E-state index in [0.29, 0.717) is 5.41 Å². The maximum Gasteiger partial charge on any atom is -0.00285 e. The molecule has 0 aromatic heterocycles. The Hall–Kier alpha value is -2.12. The van der Waals surface area contributed by atoms with Gasteiger partial charge in [0.2, 0.25) is 0 Å². The first-order valence-electron chi connectivity index (χ1n) is 13.0. The fourth-order valence-corrected chi connectivity index (χ4v) is 3.49. The highest BCUT2D eigenvalue weighted by Crippen LogP contribution is 2.33. The zero-order valence-electron chi connectivity index (χ0n) is 24.0. The number of hydrogen-bond donors (Lipinski definition) is 1. The molecule has 34 heavy (non-hydrogen) atoms. The van der Waals surface area contributed by atoms with Gasteiger partial charge in [-0.05, 0) is 69.0 Å². The molecule has 188 valence electrons. The van der Waals surface area contributed by atoms with E-state index < -0.39 is 0 Å². The minimum absolute atomic E-state index is 0.214. The second kappa shape index (κ2) is 12.5. The SMILES string of the molecule is CC.CC(C)(C)CN.CC(C)(C)c1ccc(C2=CC=C(c3ccc(C(C)(C)C)cc3)CC2)cc1. The van der Waals surface area contributed by atoms with Gasteiger partial charge < -0.3 is 5.73 Å². The lowest BCUT2D eigenvalue weighted by atomic mass is 9.84. The zero-order chi connectivity index (χ0) is 26.2. The zero-order valence-corrected chi connectivity index (χ0v) is 24.0. The maximum absolute atomic E-state index is 5.31. The van der Waals surface area contributed by atoms with E-state index >= 15 is 0 Å². The summed E-state index contributed by atoms with van der Waals surface area (Å²) in [4.78, 5) is 0. The molecular formula is C33H51N. The Morgan fingerprint density at radius 2 is 0.824 bits per heavy atom. The van der Waals surface area contributed by atoms with Gasteiger partial charge in [0.05, 0.1) is 0 Å². The molecule has 0 bridgehead atoms. The van der Waals surface area contributed by atoms with Crippen LogP contribution in [-0.2, 0) is 10.8 Å². The van der Waals surface area contributed by atoms with Crippen LogP contribution in [0.2, 0.25) is 0 Å². The Morgan fingerprint density at radius 1 is 0.559 bits per heavy atom. The molecule has 0 atom stereocenters. The molecule has 0 saturated heterocycles. The first-order chi connectivity index (χ1) is 15.7. The van der Waals surface area contributed by atoms with Crippen LogP contribution in [0.25, 0.3) is 11.1 Å². The quantitative estimate of drug-likeness (QED) is 0.473. The number of benzene rings is 2. The Morgan fingerprint density at radius 3 is 1.00 bits per heavy atom. The summed E-state index contributed by atoms with van der Waals surface area (Å²) in [5.74, 6) is 0. The van der Waals surface area contributed by atoms with Gasteiger partial charge in [0.15, 0.2) is 0 Å². The molecule has 0 spiro atoms. The third-order valence-electron chi connectivity index (χ3n) is 6.01. The molecule has 0 amide bonds. The fourth-order valence-electron chi connectivity index (χ4n) is 3.49. The van der Waals surface area contributed by atoms with Gasteiger partial charge in [-0.2, -0.15) is 0 Å². The summed E-state index contributed by atoms with van der Waals surface area (Å²) in [6.07, 6.45) is 6.84. The topological polar surface area (TPSA) is 26.0 Å². The first kappa shape index (κ1) is 29.9. The minimum Gasteiger partial charge on any atom is -0.330 e. The third-order valence-corrected chi connectivity index (χ3v) is 6.01. The van der Waals surface area contributed by atoms with Crippen LogP contribution in [0.15, 0.2) is 60.7 Å². The molecule has 0 aliphatic heterocycles. The van der Waals surface area contributed by atoms with Crippen LogP contribution in [0.3, 0.4) is 0 Å². The standard InChI is InChI=1S/C26H32.C5H13N.C2H6/c1-25(2,3)23-15-11-21(12-16-23)19-7-9-20(10-8-19)22-13-17-24(18-14-22)26(4,5)6;1-5(2,3)4-6;1-2/h7,9,11-18H,8,10H2,1-6H3;4,6H2,1-3H3;1-2H3. The predicted octanol–water partition coefficient (Wildman–Crippen LogP) is 9.56. The van der Waals surface area contributed by atoms with Gasteiger partial charge >= 0.3 is 0 Å². The molecule has 1 aliphatic carbocycles. The lowest BCUT2D eigenvalue weighted by Gasteiger charge is -2.21. The van der Waals surface area contributed by atoms with E-state index in [1.807, 2.05) is 13.8 Å². The number of nitrogens with two attached hydrogens (primary N) is 1. The van der Waals surface area contributed by atoms with E-state index in [4.69, 9.17) is 5.73 Å². The summed E-state index contributed by atoms with van der Waals surface area (Å²) in [5.41, 5.74) is 14.5. The molecule has 0 heterocycles. The van der Waals surface area contributed by atoms with Crippen molar-refractivity contribution in [3.8, 4) is 0 Å². The van der Waals surface area contributed by atoms with E-state index in [2.05, 4.69) is 123 Å². The third kappa shape index (κ3) is 9.63. The summed E-state index contributed by atoms with van der Waals surface area (Å²) in [7, 11) is 0. The van der Waals surface area contributed by atoms with E-state index in [1.54, 1.807) is 0 Å². The van der Waals surface area contributed by atoms with E-state index in [0.717, 1.165) is 19.4 Å². The highest BCUT2D eigenvalue weighted by atomic mass is 14.6. The molecule has 3 rings (SSSR count). The molecular weight excluding hydrogens is 410 g/mol. The van der Waals surface area contributed by atoms with Gasteiger partial charge in [-0.3, -0.25) is 0 Å². The molecule has 0 radical (unpaired) electrons. The normalized spacial score (nSPS) is 14.1. The summed E-state index contributed by atoms with van der Waals surface area (Å²) in [6, 6.07) is 18.2. The Labute approximate surface area is 211 Å². The van der Waals surface area contributed by atoms with Crippen LogP contribution in [0.4, 0.5) is 0 Å². The fraction of sp³-hybridized carbons (Fsp3) is 0.515. The first-order valence-corrected chi connectivity index (χ1v) is 13.0. The van der Waals surface area contributed by atoms with Crippen molar-refractivity contribution in [1.29, 1.82) is 0 Å². The van der Waals surface area contributed by atoms with Gasteiger partial charge in [0.1, 0.15) is 0 Å². The van der Waals surface area contributed by atoms with Crippen molar-refractivity contribution >= 4 is 11.1 Å². The van der Waals surface area contributed by atoms with Crippen molar-refractivity contribution < 1.29 is 0 Å². The van der Waals surface area contributed by atoms with Crippen molar-refractivity contribution in [3.05, 3.63) is 82.9 Å². The highest BCUT2D eigenvalue weighted by Gasteiger charge is 2.16. The van der Waals surface area contributed by atoms with Crippen LogP contribution in [0, 0.1) is 5.41 Å². The molecule has 2 aromatic rings. The van der Waals surface area contributed by atoms with Gasteiger partial charge in [0, 0.05) is 0 Å². The summed E-state index contributed by atoms with van der Waals surface area (Å²) >= 11 is 0. The Kier molecular flexibility index (Phi) is 11.0. The molecule has 2 aromatic carbocycles. The minimum atomic E-state index is 0.214. The molecule has 1 aliphatic rings. The predicted molar refractivity (Wildman–Crippen MR) is 155 cm³/mol.